The monoisotopic (exact) mass is 346 g/mol. The average Bonchev–Trinajstić information content (AvgIpc) is 2.49. The molecular formula is C16H24Cl2N2O2. The summed E-state index contributed by atoms with van der Waals surface area (Å²) in [5.41, 5.74) is 6.64. The van der Waals surface area contributed by atoms with Crippen LogP contribution in [0, 0.1) is 5.92 Å². The van der Waals surface area contributed by atoms with E-state index in [9.17, 15) is 4.79 Å². The Bertz CT molecular complexity index is 517. The number of hydrogen-bond acceptors (Lipinski definition) is 3. The maximum Gasteiger partial charge on any atom is 0.257 e. The zero-order valence-corrected chi connectivity index (χ0v) is 14.7. The highest BCUT2D eigenvalue weighted by molar-refractivity contribution is 6.33. The fourth-order valence-electron chi connectivity index (χ4n) is 2.95. The van der Waals surface area contributed by atoms with Gasteiger partial charge in [0, 0.05) is 19.7 Å². The van der Waals surface area contributed by atoms with Crippen LogP contribution < -0.4 is 10.5 Å². The molecule has 0 atom stereocenters. The fraction of sp³-hybridized carbons (Fsp3) is 0.562. The lowest BCUT2D eigenvalue weighted by Crippen LogP contribution is -2.32. The third-order valence-corrected chi connectivity index (χ3v) is 4.48. The molecule has 1 saturated carbocycles. The number of carbonyl (C=O) groups is 1. The van der Waals surface area contributed by atoms with Gasteiger partial charge in [-0.3, -0.25) is 4.79 Å². The van der Waals surface area contributed by atoms with Crippen molar-refractivity contribution in [2.75, 3.05) is 26.4 Å². The van der Waals surface area contributed by atoms with E-state index in [1.807, 2.05) is 7.05 Å². The molecule has 0 bridgehead atoms. The number of hydrogen-bond donors (Lipinski definition) is 1. The van der Waals surface area contributed by atoms with E-state index >= 15 is 0 Å². The van der Waals surface area contributed by atoms with Crippen molar-refractivity contribution in [3.8, 4) is 5.75 Å². The summed E-state index contributed by atoms with van der Waals surface area (Å²) in [7, 11) is 3.36. The van der Waals surface area contributed by atoms with Crippen LogP contribution in [0.4, 0.5) is 5.69 Å². The molecule has 0 aromatic heterocycles. The number of methoxy groups -OCH3 is 1. The number of benzene rings is 1. The Balaban J connectivity index is 0.00000242. The second-order valence-corrected chi connectivity index (χ2v) is 6.17. The van der Waals surface area contributed by atoms with E-state index in [0.29, 0.717) is 27.9 Å². The van der Waals surface area contributed by atoms with Crippen molar-refractivity contribution in [1.29, 1.82) is 0 Å². The number of ether oxygens (including phenoxy) is 1. The minimum atomic E-state index is -0.0701. The molecule has 0 unspecified atom stereocenters. The van der Waals surface area contributed by atoms with Crippen LogP contribution in [0.25, 0.3) is 0 Å². The van der Waals surface area contributed by atoms with E-state index < -0.39 is 0 Å². The molecule has 1 aliphatic carbocycles. The predicted octanol–water partition coefficient (Wildman–Crippen LogP) is 4.00. The molecule has 0 heterocycles. The molecule has 0 spiro atoms. The molecule has 1 aromatic rings. The fourth-order valence-corrected chi connectivity index (χ4v) is 3.11. The number of nitrogens with zero attached hydrogens (tertiary/aromatic N) is 1. The molecule has 2 rings (SSSR count). The van der Waals surface area contributed by atoms with Crippen LogP contribution in [-0.4, -0.2) is 31.5 Å². The summed E-state index contributed by atoms with van der Waals surface area (Å²) in [6.07, 6.45) is 6.26. The highest BCUT2D eigenvalue weighted by Gasteiger charge is 2.22. The van der Waals surface area contributed by atoms with Gasteiger partial charge < -0.3 is 15.4 Å². The standard InChI is InChI=1S/C16H23ClN2O2.ClH/c1-19(10-11-6-4-3-5-7-11)16(20)12-8-13(17)14(18)9-15(12)21-2;/h8-9,11H,3-7,10,18H2,1-2H3;1H. The minimum Gasteiger partial charge on any atom is -0.496 e. The first-order valence-corrected chi connectivity index (χ1v) is 7.79. The Hall–Kier alpha value is -1.13. The molecule has 1 aliphatic rings. The van der Waals surface area contributed by atoms with Gasteiger partial charge in [-0.25, -0.2) is 0 Å². The van der Waals surface area contributed by atoms with Crippen molar-refractivity contribution in [2.24, 2.45) is 5.92 Å². The van der Waals surface area contributed by atoms with Gasteiger partial charge in [0.05, 0.1) is 23.4 Å². The highest BCUT2D eigenvalue weighted by atomic mass is 35.5. The van der Waals surface area contributed by atoms with Crippen LogP contribution in [0.2, 0.25) is 5.02 Å². The Kier molecular flexibility index (Phi) is 7.30. The van der Waals surface area contributed by atoms with Crippen molar-refractivity contribution in [2.45, 2.75) is 32.1 Å². The molecule has 6 heteroatoms. The second-order valence-electron chi connectivity index (χ2n) is 5.76. The van der Waals surface area contributed by atoms with Crippen molar-refractivity contribution >= 4 is 35.6 Å². The lowest BCUT2D eigenvalue weighted by molar-refractivity contribution is 0.0757. The summed E-state index contributed by atoms with van der Waals surface area (Å²) in [5, 5.41) is 0.380. The Morgan fingerprint density at radius 3 is 2.59 bits per heavy atom. The van der Waals surface area contributed by atoms with Gasteiger partial charge in [-0.15, -0.1) is 12.4 Å². The Labute approximate surface area is 143 Å². The molecule has 4 nitrogen and oxygen atoms in total. The first-order chi connectivity index (χ1) is 10.0. The molecule has 0 radical (unpaired) electrons. The number of anilines is 1. The molecule has 124 valence electrons. The van der Waals surface area contributed by atoms with Crippen molar-refractivity contribution in [1.82, 2.24) is 4.90 Å². The molecule has 22 heavy (non-hydrogen) atoms. The zero-order chi connectivity index (χ0) is 15.4. The SMILES string of the molecule is COc1cc(N)c(Cl)cc1C(=O)N(C)CC1CCCCC1.Cl. The van der Waals surface area contributed by atoms with Gasteiger partial charge in [0.2, 0.25) is 0 Å². The number of rotatable bonds is 4. The summed E-state index contributed by atoms with van der Waals surface area (Å²) >= 11 is 6.03. The molecule has 1 fully saturated rings. The lowest BCUT2D eigenvalue weighted by atomic mass is 9.89. The van der Waals surface area contributed by atoms with Crippen LogP contribution in [0.5, 0.6) is 5.75 Å². The van der Waals surface area contributed by atoms with E-state index in [1.165, 1.54) is 39.2 Å². The largest absolute Gasteiger partial charge is 0.496 e. The molecule has 0 saturated heterocycles. The van der Waals surface area contributed by atoms with E-state index in [0.717, 1.165) is 6.54 Å². The molecule has 0 aliphatic heterocycles. The molecular weight excluding hydrogens is 323 g/mol. The van der Waals surface area contributed by atoms with E-state index in [4.69, 9.17) is 22.1 Å². The highest BCUT2D eigenvalue weighted by Crippen LogP contribution is 2.30. The third kappa shape index (κ3) is 4.43. The van der Waals surface area contributed by atoms with Crippen LogP contribution in [0.15, 0.2) is 12.1 Å². The molecule has 1 amide bonds. The van der Waals surface area contributed by atoms with E-state index in [-0.39, 0.29) is 18.3 Å². The average molecular weight is 347 g/mol. The second kappa shape index (κ2) is 8.49. The van der Waals surface area contributed by atoms with Crippen LogP contribution in [-0.2, 0) is 0 Å². The normalized spacial score (nSPS) is 15.0. The predicted molar refractivity (Wildman–Crippen MR) is 93.2 cm³/mol. The van der Waals surface area contributed by atoms with E-state index in [2.05, 4.69) is 0 Å². The summed E-state index contributed by atoms with van der Waals surface area (Å²) in [6, 6.07) is 3.19. The summed E-state index contributed by atoms with van der Waals surface area (Å²) in [6.45, 7) is 0.782. The first kappa shape index (κ1) is 18.9. The number of nitrogen functional groups attached to an aromatic ring is 1. The maximum atomic E-state index is 12.6. The Morgan fingerprint density at radius 1 is 1.36 bits per heavy atom. The van der Waals surface area contributed by atoms with Crippen molar-refractivity contribution < 1.29 is 9.53 Å². The van der Waals surface area contributed by atoms with Crippen molar-refractivity contribution in [3.05, 3.63) is 22.7 Å². The maximum absolute atomic E-state index is 12.6. The number of amides is 1. The van der Waals surface area contributed by atoms with Gasteiger partial charge in [-0.05, 0) is 24.8 Å². The minimum absolute atomic E-state index is 0. The molecule has 2 N–H and O–H groups in total. The zero-order valence-electron chi connectivity index (χ0n) is 13.1. The first-order valence-electron chi connectivity index (χ1n) is 7.41. The van der Waals surface area contributed by atoms with Crippen LogP contribution in [0.1, 0.15) is 42.5 Å². The number of nitrogens with two attached hydrogens (primary N) is 1. The number of carbonyl (C=O) groups excluding carboxylic acids is 1. The van der Waals surface area contributed by atoms with Crippen LogP contribution >= 0.6 is 24.0 Å². The van der Waals surface area contributed by atoms with Gasteiger partial charge in [0.25, 0.3) is 5.91 Å². The Morgan fingerprint density at radius 2 is 2.00 bits per heavy atom. The van der Waals surface area contributed by atoms with Crippen molar-refractivity contribution in [3.63, 3.8) is 0 Å². The molecule has 1 aromatic carbocycles. The van der Waals surface area contributed by atoms with Crippen LogP contribution in [0.3, 0.4) is 0 Å². The van der Waals surface area contributed by atoms with Gasteiger partial charge in [-0.1, -0.05) is 30.9 Å². The summed E-state index contributed by atoms with van der Waals surface area (Å²) in [5.74, 6) is 1.000. The third-order valence-electron chi connectivity index (χ3n) is 4.15. The van der Waals surface area contributed by atoms with Gasteiger partial charge in [0.15, 0.2) is 0 Å². The van der Waals surface area contributed by atoms with E-state index in [1.54, 1.807) is 17.0 Å². The topological polar surface area (TPSA) is 55.6 Å². The van der Waals surface area contributed by atoms with Gasteiger partial charge in [0.1, 0.15) is 5.75 Å². The lowest BCUT2D eigenvalue weighted by Gasteiger charge is -2.27. The van der Waals surface area contributed by atoms with Gasteiger partial charge in [-0.2, -0.15) is 0 Å². The van der Waals surface area contributed by atoms with Gasteiger partial charge >= 0.3 is 0 Å². The smallest absolute Gasteiger partial charge is 0.257 e. The quantitative estimate of drug-likeness (QED) is 0.838. The summed E-state index contributed by atoms with van der Waals surface area (Å²) < 4.78 is 5.26. The summed E-state index contributed by atoms with van der Waals surface area (Å²) in [4.78, 5) is 14.4. The number of halogens is 2.